The number of hydrogen-bond donors (Lipinski definition) is 0. The van der Waals surface area contributed by atoms with Crippen molar-refractivity contribution < 1.29 is 4.42 Å². The fourth-order valence-corrected chi connectivity index (χ4v) is 9.10. The summed E-state index contributed by atoms with van der Waals surface area (Å²) in [7, 11) is 0. The van der Waals surface area contributed by atoms with E-state index in [0.717, 1.165) is 44.4 Å². The lowest BCUT2D eigenvalue weighted by Gasteiger charge is -2.29. The molecule has 10 aromatic rings. The lowest BCUT2D eigenvalue weighted by molar-refractivity contribution is 0.660. The van der Waals surface area contributed by atoms with Crippen molar-refractivity contribution in [1.29, 1.82) is 0 Å². The molecule has 0 saturated heterocycles. The van der Waals surface area contributed by atoms with E-state index in [9.17, 15) is 0 Å². The summed E-state index contributed by atoms with van der Waals surface area (Å²) >= 11 is 0. The maximum Gasteiger partial charge on any atom is 0.143 e. The molecule has 1 aliphatic carbocycles. The van der Waals surface area contributed by atoms with Crippen molar-refractivity contribution in [2.75, 3.05) is 4.90 Å². The van der Waals surface area contributed by atoms with Crippen LogP contribution in [-0.2, 0) is 5.41 Å². The molecule has 9 aromatic carbocycles. The third-order valence-electron chi connectivity index (χ3n) is 11.8. The Morgan fingerprint density at radius 1 is 0.418 bits per heavy atom. The molecule has 2 heteroatoms. The average Bonchev–Trinajstić information content (AvgIpc) is 3.73. The topological polar surface area (TPSA) is 16.4 Å². The zero-order valence-corrected chi connectivity index (χ0v) is 30.8. The molecule has 0 bridgehead atoms. The van der Waals surface area contributed by atoms with Gasteiger partial charge in [-0.1, -0.05) is 153 Å². The predicted octanol–water partition coefficient (Wildman–Crippen LogP) is 15.0. The van der Waals surface area contributed by atoms with E-state index in [4.69, 9.17) is 4.42 Å². The number of hydrogen-bond acceptors (Lipinski definition) is 2. The molecule has 2 nitrogen and oxygen atoms in total. The number of fused-ring (bicyclic) bond motifs is 9. The first-order valence-corrected chi connectivity index (χ1v) is 19.1. The third-order valence-corrected chi connectivity index (χ3v) is 11.8. The van der Waals surface area contributed by atoms with Gasteiger partial charge < -0.3 is 9.32 Å². The van der Waals surface area contributed by atoms with Crippen LogP contribution in [0.1, 0.15) is 25.0 Å². The van der Waals surface area contributed by atoms with Crippen LogP contribution in [0.4, 0.5) is 17.1 Å². The van der Waals surface area contributed by atoms with Crippen molar-refractivity contribution in [3.8, 4) is 33.4 Å². The summed E-state index contributed by atoms with van der Waals surface area (Å²) in [6, 6.07) is 68.4. The monoisotopic (exact) mass is 703 g/mol. The molecule has 260 valence electrons. The Balaban J connectivity index is 1.17. The fraction of sp³-hybridized carbons (Fsp3) is 0.0566. The SMILES string of the molecule is CC1(C)c2ccccc2-c2ccc(N(c3ccc(-c4ccccc4)cc3)c3cccc4oc5c6ccccc6c(-c6ccc7ccccc7c6)cc5c34)cc21. The standard InChI is InChI=1S/C53H37NO/c1-53(2)47-20-11-10-18-42(47)43-30-29-40(32-48(43)53)54(39-27-25-36(26-28-39)34-13-4-3-5-14-34)49-21-12-22-50-51(49)46-33-45(41-17-8-9-19-44(41)52(46)55-50)38-24-23-35-15-6-7-16-37(35)31-38/h3-33H,1-2H3. The molecule has 1 aliphatic rings. The quantitative estimate of drug-likeness (QED) is 0.177. The fourth-order valence-electron chi connectivity index (χ4n) is 9.10. The summed E-state index contributed by atoms with van der Waals surface area (Å²) in [6.45, 7) is 4.70. The van der Waals surface area contributed by atoms with Crippen molar-refractivity contribution in [2.24, 2.45) is 0 Å². The van der Waals surface area contributed by atoms with Crippen LogP contribution in [0.15, 0.2) is 192 Å². The second-order valence-electron chi connectivity index (χ2n) is 15.3. The molecule has 0 radical (unpaired) electrons. The third kappa shape index (κ3) is 4.88. The lowest BCUT2D eigenvalue weighted by atomic mass is 9.82. The van der Waals surface area contributed by atoms with Gasteiger partial charge in [0, 0.05) is 27.6 Å². The average molecular weight is 704 g/mol. The first-order valence-electron chi connectivity index (χ1n) is 19.1. The minimum atomic E-state index is -0.132. The largest absolute Gasteiger partial charge is 0.455 e. The highest BCUT2D eigenvalue weighted by Crippen LogP contribution is 2.52. The molecule has 0 aliphatic heterocycles. The first-order chi connectivity index (χ1) is 27.0. The molecular formula is C53H37NO. The summed E-state index contributed by atoms with van der Waals surface area (Å²) in [5.74, 6) is 0. The van der Waals surface area contributed by atoms with Crippen molar-refractivity contribution in [3.63, 3.8) is 0 Å². The van der Waals surface area contributed by atoms with Gasteiger partial charge in [0.15, 0.2) is 0 Å². The molecule has 1 aromatic heterocycles. The Labute approximate surface area is 320 Å². The highest BCUT2D eigenvalue weighted by atomic mass is 16.3. The van der Waals surface area contributed by atoms with Gasteiger partial charge in [0.05, 0.1) is 11.1 Å². The van der Waals surface area contributed by atoms with Crippen LogP contribution in [0.5, 0.6) is 0 Å². The molecule has 0 N–H and O–H groups in total. The molecule has 55 heavy (non-hydrogen) atoms. The minimum absolute atomic E-state index is 0.132. The number of nitrogens with zero attached hydrogens (tertiary/aromatic N) is 1. The van der Waals surface area contributed by atoms with E-state index in [0.29, 0.717) is 0 Å². The van der Waals surface area contributed by atoms with Gasteiger partial charge in [-0.25, -0.2) is 0 Å². The van der Waals surface area contributed by atoms with Crippen LogP contribution in [0.3, 0.4) is 0 Å². The molecule has 0 amide bonds. The highest BCUT2D eigenvalue weighted by molar-refractivity contribution is 6.22. The number of rotatable bonds is 5. The Morgan fingerprint density at radius 3 is 1.95 bits per heavy atom. The molecule has 0 spiro atoms. The molecule has 1 heterocycles. The van der Waals surface area contributed by atoms with Crippen molar-refractivity contribution in [2.45, 2.75) is 19.3 Å². The van der Waals surface area contributed by atoms with Gasteiger partial charge in [-0.05, 0) is 109 Å². The van der Waals surface area contributed by atoms with Crippen LogP contribution in [-0.4, -0.2) is 0 Å². The maximum absolute atomic E-state index is 6.89. The smallest absolute Gasteiger partial charge is 0.143 e. The van der Waals surface area contributed by atoms with Crippen LogP contribution in [0, 0.1) is 0 Å². The Kier molecular flexibility index (Phi) is 6.93. The number of benzene rings is 9. The van der Waals surface area contributed by atoms with Gasteiger partial charge in [-0.15, -0.1) is 0 Å². The molecule has 0 atom stereocenters. The second-order valence-corrected chi connectivity index (χ2v) is 15.3. The van der Waals surface area contributed by atoms with E-state index in [1.165, 1.54) is 60.7 Å². The number of anilines is 3. The van der Waals surface area contributed by atoms with Crippen LogP contribution >= 0.6 is 0 Å². The van der Waals surface area contributed by atoms with E-state index in [1.807, 2.05) is 0 Å². The highest BCUT2D eigenvalue weighted by Gasteiger charge is 2.36. The van der Waals surface area contributed by atoms with E-state index >= 15 is 0 Å². The van der Waals surface area contributed by atoms with Gasteiger partial charge in [0.2, 0.25) is 0 Å². The van der Waals surface area contributed by atoms with Crippen molar-refractivity contribution in [1.82, 2.24) is 0 Å². The summed E-state index contributed by atoms with van der Waals surface area (Å²) < 4.78 is 6.89. The minimum Gasteiger partial charge on any atom is -0.455 e. The van der Waals surface area contributed by atoms with Gasteiger partial charge in [-0.3, -0.25) is 0 Å². The van der Waals surface area contributed by atoms with E-state index in [2.05, 4.69) is 207 Å². The normalized spacial score (nSPS) is 13.1. The van der Waals surface area contributed by atoms with E-state index in [-0.39, 0.29) is 5.41 Å². The van der Waals surface area contributed by atoms with Crippen LogP contribution < -0.4 is 4.90 Å². The summed E-state index contributed by atoms with van der Waals surface area (Å²) in [5, 5.41) is 6.96. The Hall–Kier alpha value is -6.90. The molecule has 0 unspecified atom stereocenters. The van der Waals surface area contributed by atoms with Crippen LogP contribution in [0.2, 0.25) is 0 Å². The molecule has 11 rings (SSSR count). The molecular weight excluding hydrogens is 667 g/mol. The van der Waals surface area contributed by atoms with Crippen molar-refractivity contribution >= 4 is 60.5 Å². The first kappa shape index (κ1) is 31.6. The maximum atomic E-state index is 6.89. The Morgan fingerprint density at radius 2 is 1.09 bits per heavy atom. The number of furan rings is 1. The zero-order valence-electron chi connectivity index (χ0n) is 30.8. The Bertz CT molecular complexity index is 3110. The molecule has 0 saturated carbocycles. The van der Waals surface area contributed by atoms with E-state index < -0.39 is 0 Å². The predicted molar refractivity (Wildman–Crippen MR) is 232 cm³/mol. The van der Waals surface area contributed by atoms with Gasteiger partial charge >= 0.3 is 0 Å². The lowest BCUT2D eigenvalue weighted by Crippen LogP contribution is -2.16. The van der Waals surface area contributed by atoms with Gasteiger partial charge in [-0.2, -0.15) is 0 Å². The van der Waals surface area contributed by atoms with Crippen LogP contribution in [0.25, 0.3) is 76.9 Å². The van der Waals surface area contributed by atoms with Crippen molar-refractivity contribution in [3.05, 3.63) is 199 Å². The summed E-state index contributed by atoms with van der Waals surface area (Å²) in [6.07, 6.45) is 0. The summed E-state index contributed by atoms with van der Waals surface area (Å²) in [5.41, 5.74) is 15.1. The van der Waals surface area contributed by atoms with Gasteiger partial charge in [0.1, 0.15) is 11.2 Å². The zero-order chi connectivity index (χ0) is 36.7. The van der Waals surface area contributed by atoms with Gasteiger partial charge in [0.25, 0.3) is 0 Å². The molecule has 0 fully saturated rings. The summed E-state index contributed by atoms with van der Waals surface area (Å²) in [4.78, 5) is 2.43. The second kappa shape index (κ2) is 12.1. The van der Waals surface area contributed by atoms with E-state index in [1.54, 1.807) is 0 Å².